The number of hydrogen-bond acceptors (Lipinski definition) is 2. The number of benzene rings is 2. The first-order valence-electron chi connectivity index (χ1n) is 5.38. The zero-order valence-corrected chi connectivity index (χ0v) is 10.2. The maximum absolute atomic E-state index is 13.1. The smallest absolute Gasteiger partial charge is 0.161 e. The van der Waals surface area contributed by atoms with Gasteiger partial charge in [-0.2, -0.15) is 0 Å². The minimum Gasteiger partial charge on any atom is -0.508 e. The Bertz CT molecular complexity index is 747. The molecule has 0 unspecified atom stereocenters. The lowest BCUT2D eigenvalue weighted by Crippen LogP contribution is -1.82. The van der Waals surface area contributed by atoms with Gasteiger partial charge in [-0.3, -0.25) is 0 Å². The molecule has 2 N–H and O–H groups in total. The van der Waals surface area contributed by atoms with Crippen molar-refractivity contribution in [2.45, 2.75) is 0 Å². The van der Waals surface area contributed by atoms with Crippen LogP contribution in [0.3, 0.4) is 0 Å². The van der Waals surface area contributed by atoms with Crippen molar-refractivity contribution in [3.05, 3.63) is 47.0 Å². The van der Waals surface area contributed by atoms with E-state index in [1.54, 1.807) is 0 Å². The molecule has 0 amide bonds. The van der Waals surface area contributed by atoms with E-state index in [1.165, 1.54) is 18.2 Å². The molecule has 3 rings (SSSR count). The number of nitrogens with zero attached hydrogens (tertiary/aromatic N) is 1. The van der Waals surface area contributed by atoms with Gasteiger partial charge in [0.05, 0.1) is 16.1 Å². The molecule has 3 aromatic rings. The molecule has 96 valence electrons. The van der Waals surface area contributed by atoms with Crippen LogP contribution in [-0.2, 0) is 0 Å². The number of rotatable bonds is 1. The number of aromatic nitrogens is 2. The highest BCUT2D eigenvalue weighted by atomic mass is 35.5. The molecule has 1 heterocycles. The van der Waals surface area contributed by atoms with Crippen molar-refractivity contribution < 1.29 is 13.9 Å². The van der Waals surface area contributed by atoms with Gasteiger partial charge in [0, 0.05) is 17.7 Å². The third-order valence-corrected chi connectivity index (χ3v) is 3.06. The van der Waals surface area contributed by atoms with E-state index in [0.717, 1.165) is 12.1 Å². The standard InChI is InChI=1S/C13H7ClF2N2O/c14-8-2-1-6(19)3-7(8)13-17-11-4-9(15)10(16)5-12(11)18-13/h1-5,19H,(H,17,18). The van der Waals surface area contributed by atoms with Crippen LogP contribution in [0.25, 0.3) is 22.4 Å². The lowest BCUT2D eigenvalue weighted by Gasteiger charge is -2.00. The Morgan fingerprint density at radius 1 is 1.11 bits per heavy atom. The predicted molar refractivity (Wildman–Crippen MR) is 68.1 cm³/mol. The predicted octanol–water partition coefficient (Wildman–Crippen LogP) is 3.87. The molecule has 0 spiro atoms. The van der Waals surface area contributed by atoms with Crippen molar-refractivity contribution in [2.24, 2.45) is 0 Å². The highest BCUT2D eigenvalue weighted by Crippen LogP contribution is 2.30. The monoisotopic (exact) mass is 280 g/mol. The minimum absolute atomic E-state index is 0.0252. The van der Waals surface area contributed by atoms with Crippen LogP contribution in [0, 0.1) is 11.6 Å². The van der Waals surface area contributed by atoms with E-state index in [2.05, 4.69) is 9.97 Å². The van der Waals surface area contributed by atoms with Gasteiger partial charge in [-0.05, 0) is 18.2 Å². The Balaban J connectivity index is 2.23. The number of H-pyrrole nitrogens is 1. The fourth-order valence-corrected chi connectivity index (χ4v) is 2.03. The van der Waals surface area contributed by atoms with Crippen molar-refractivity contribution in [2.75, 3.05) is 0 Å². The van der Waals surface area contributed by atoms with Crippen molar-refractivity contribution >= 4 is 22.6 Å². The maximum Gasteiger partial charge on any atom is 0.161 e. The molecule has 1 aromatic heterocycles. The van der Waals surface area contributed by atoms with Gasteiger partial charge in [0.1, 0.15) is 11.6 Å². The first kappa shape index (κ1) is 11.9. The van der Waals surface area contributed by atoms with Crippen LogP contribution in [0.5, 0.6) is 5.75 Å². The second-order valence-electron chi connectivity index (χ2n) is 4.03. The molecule has 0 bridgehead atoms. The van der Waals surface area contributed by atoms with E-state index in [9.17, 15) is 13.9 Å². The Hall–Kier alpha value is -2.14. The topological polar surface area (TPSA) is 48.9 Å². The molecule has 0 aliphatic heterocycles. The van der Waals surface area contributed by atoms with Crippen LogP contribution in [0.1, 0.15) is 0 Å². The van der Waals surface area contributed by atoms with Gasteiger partial charge in [-0.15, -0.1) is 0 Å². The van der Waals surface area contributed by atoms with E-state index in [0.29, 0.717) is 21.9 Å². The van der Waals surface area contributed by atoms with Gasteiger partial charge < -0.3 is 10.1 Å². The fourth-order valence-electron chi connectivity index (χ4n) is 1.83. The van der Waals surface area contributed by atoms with Gasteiger partial charge in [0.25, 0.3) is 0 Å². The SMILES string of the molecule is Oc1ccc(Cl)c(-c2nc3cc(F)c(F)cc3[nH]2)c1. The summed E-state index contributed by atoms with van der Waals surface area (Å²) in [6.45, 7) is 0. The summed E-state index contributed by atoms with van der Waals surface area (Å²) in [6.07, 6.45) is 0. The number of aromatic amines is 1. The third kappa shape index (κ3) is 2.02. The highest BCUT2D eigenvalue weighted by Gasteiger charge is 2.12. The van der Waals surface area contributed by atoms with Crippen molar-refractivity contribution in [3.63, 3.8) is 0 Å². The van der Waals surface area contributed by atoms with E-state index in [4.69, 9.17) is 11.6 Å². The summed E-state index contributed by atoms with van der Waals surface area (Å²) in [6, 6.07) is 6.40. The van der Waals surface area contributed by atoms with E-state index in [1.807, 2.05) is 0 Å². The van der Waals surface area contributed by atoms with Crippen LogP contribution in [-0.4, -0.2) is 15.1 Å². The normalized spacial score (nSPS) is 11.1. The number of phenols is 1. The van der Waals surface area contributed by atoms with Crippen molar-refractivity contribution in [1.29, 1.82) is 0 Å². The zero-order chi connectivity index (χ0) is 13.6. The summed E-state index contributed by atoms with van der Waals surface area (Å²) in [4.78, 5) is 6.96. The number of halogens is 3. The van der Waals surface area contributed by atoms with E-state index >= 15 is 0 Å². The maximum atomic E-state index is 13.1. The van der Waals surface area contributed by atoms with Gasteiger partial charge in [0.15, 0.2) is 11.6 Å². The van der Waals surface area contributed by atoms with Crippen LogP contribution in [0.4, 0.5) is 8.78 Å². The number of phenolic OH excluding ortho intramolecular Hbond substituents is 1. The van der Waals surface area contributed by atoms with Gasteiger partial charge >= 0.3 is 0 Å². The Morgan fingerprint density at radius 2 is 1.84 bits per heavy atom. The van der Waals surface area contributed by atoms with Gasteiger partial charge in [-0.25, -0.2) is 13.8 Å². The van der Waals surface area contributed by atoms with Crippen LogP contribution < -0.4 is 0 Å². The zero-order valence-electron chi connectivity index (χ0n) is 9.42. The summed E-state index contributed by atoms with van der Waals surface area (Å²) in [5.41, 5.74) is 1.10. The average molecular weight is 281 g/mol. The van der Waals surface area contributed by atoms with Gasteiger partial charge in [-0.1, -0.05) is 11.6 Å². The molecule has 0 saturated heterocycles. The number of fused-ring (bicyclic) bond motifs is 1. The molecule has 2 aromatic carbocycles. The average Bonchev–Trinajstić information content (AvgIpc) is 2.75. The molecule has 19 heavy (non-hydrogen) atoms. The van der Waals surface area contributed by atoms with Crippen LogP contribution in [0.2, 0.25) is 5.02 Å². The third-order valence-electron chi connectivity index (χ3n) is 2.73. The number of nitrogens with one attached hydrogen (secondary N) is 1. The quantitative estimate of drug-likeness (QED) is 0.711. The molecule has 0 aliphatic carbocycles. The molecular formula is C13H7ClF2N2O. The molecule has 3 nitrogen and oxygen atoms in total. The first-order chi connectivity index (χ1) is 9.04. The molecule has 0 aliphatic rings. The van der Waals surface area contributed by atoms with Gasteiger partial charge in [0.2, 0.25) is 0 Å². The number of aromatic hydroxyl groups is 1. The second-order valence-corrected chi connectivity index (χ2v) is 4.44. The van der Waals surface area contributed by atoms with Crippen molar-refractivity contribution in [3.8, 4) is 17.1 Å². The Labute approximate surface area is 111 Å². The molecule has 0 fully saturated rings. The molecular weight excluding hydrogens is 274 g/mol. The largest absolute Gasteiger partial charge is 0.508 e. The lowest BCUT2D eigenvalue weighted by molar-refractivity contribution is 0.475. The Kier molecular flexibility index (Phi) is 2.64. The van der Waals surface area contributed by atoms with Crippen LogP contribution in [0.15, 0.2) is 30.3 Å². The molecule has 0 radical (unpaired) electrons. The Morgan fingerprint density at radius 3 is 2.63 bits per heavy atom. The van der Waals surface area contributed by atoms with E-state index < -0.39 is 11.6 Å². The summed E-state index contributed by atoms with van der Waals surface area (Å²) < 4.78 is 26.2. The summed E-state index contributed by atoms with van der Waals surface area (Å²) in [5, 5.41) is 9.81. The van der Waals surface area contributed by atoms with Crippen molar-refractivity contribution in [1.82, 2.24) is 9.97 Å². The lowest BCUT2D eigenvalue weighted by atomic mass is 10.2. The number of hydrogen-bond donors (Lipinski definition) is 2. The van der Waals surface area contributed by atoms with E-state index in [-0.39, 0.29) is 11.3 Å². The summed E-state index contributed by atoms with van der Waals surface area (Å²) >= 11 is 6.00. The minimum atomic E-state index is -0.965. The first-order valence-corrected chi connectivity index (χ1v) is 5.76. The number of imidazole rings is 1. The second kappa shape index (κ2) is 4.20. The molecule has 0 atom stereocenters. The highest BCUT2D eigenvalue weighted by molar-refractivity contribution is 6.33. The fraction of sp³-hybridized carbons (Fsp3) is 0. The summed E-state index contributed by atoms with van der Waals surface area (Å²) in [7, 11) is 0. The van der Waals surface area contributed by atoms with Crippen LogP contribution >= 0.6 is 11.6 Å². The summed E-state index contributed by atoms with van der Waals surface area (Å²) in [5.74, 6) is -1.56. The molecule has 6 heteroatoms. The molecule has 0 saturated carbocycles.